The molecule has 1 amide bonds. The van der Waals surface area contributed by atoms with Crippen molar-refractivity contribution in [2.75, 3.05) is 25.6 Å². The minimum absolute atomic E-state index is 0.184. The molecule has 1 heterocycles. The second-order valence-corrected chi connectivity index (χ2v) is 12.5. The van der Waals surface area contributed by atoms with E-state index in [0.717, 1.165) is 28.0 Å². The van der Waals surface area contributed by atoms with Gasteiger partial charge < -0.3 is 19.5 Å². The average molecular weight is 745 g/mol. The Hall–Kier alpha value is -4.71. The van der Waals surface area contributed by atoms with E-state index in [2.05, 4.69) is 46.9 Å². The number of nitrogens with zero attached hydrogens (tertiary/aromatic N) is 3. The number of rotatable bonds is 11. The second-order valence-electron chi connectivity index (χ2n) is 11.3. The van der Waals surface area contributed by atoms with Gasteiger partial charge in [-0.3, -0.25) is 9.59 Å². The zero-order valence-electron chi connectivity index (χ0n) is 27.3. The number of aryl methyl sites for hydroxylation is 2. The zero-order valence-corrected chi connectivity index (χ0v) is 29.4. The van der Waals surface area contributed by atoms with Gasteiger partial charge in [-0.05, 0) is 115 Å². The average Bonchev–Trinajstić information content (AvgIpc) is 3.04. The second kappa shape index (κ2) is 14.8. The molecule has 0 saturated heterocycles. The van der Waals surface area contributed by atoms with Crippen LogP contribution < -0.4 is 25.1 Å². The van der Waals surface area contributed by atoms with E-state index in [-0.39, 0.29) is 24.0 Å². The van der Waals surface area contributed by atoms with Crippen molar-refractivity contribution in [1.82, 2.24) is 9.66 Å². The zero-order chi connectivity index (χ0) is 33.7. The van der Waals surface area contributed by atoms with Crippen molar-refractivity contribution in [1.29, 1.82) is 0 Å². The van der Waals surface area contributed by atoms with E-state index in [0.29, 0.717) is 49.7 Å². The molecule has 0 atom stereocenters. The number of hydrogen-bond donors (Lipinski definition) is 1. The molecule has 0 fully saturated rings. The number of carbonyl (C=O) groups excluding carboxylic acids is 1. The first kappa shape index (κ1) is 33.6. The maximum atomic E-state index is 13.9. The fraction of sp³-hybridized carbons (Fsp3) is 0.243. The van der Waals surface area contributed by atoms with Crippen molar-refractivity contribution in [2.45, 2.75) is 40.5 Å². The summed E-state index contributed by atoms with van der Waals surface area (Å²) in [7, 11) is 1.53. The molecule has 0 unspecified atom stereocenters. The number of hydrogen-bond acceptors (Lipinski definition) is 7. The molecule has 47 heavy (non-hydrogen) atoms. The van der Waals surface area contributed by atoms with Crippen LogP contribution in [0.15, 0.2) is 82.7 Å². The van der Waals surface area contributed by atoms with Gasteiger partial charge >= 0.3 is 0 Å². The lowest BCUT2D eigenvalue weighted by molar-refractivity contribution is -0.118. The number of fused-ring (bicyclic) bond motifs is 1. The van der Waals surface area contributed by atoms with Crippen LogP contribution in [0.4, 0.5) is 5.69 Å². The summed E-state index contributed by atoms with van der Waals surface area (Å²) in [4.78, 5) is 31.4. The molecule has 0 aliphatic heterocycles. The lowest BCUT2D eigenvalue weighted by atomic mass is 9.96. The molecular formula is C37H37IN4O5. The van der Waals surface area contributed by atoms with Crippen LogP contribution in [0.2, 0.25) is 0 Å². The third-order valence-corrected chi connectivity index (χ3v) is 8.33. The number of methoxy groups -OCH3 is 1. The highest BCUT2D eigenvalue weighted by Gasteiger charge is 2.19. The first-order valence-electron chi connectivity index (χ1n) is 15.3. The lowest BCUT2D eigenvalue weighted by Gasteiger charge is -2.18. The summed E-state index contributed by atoms with van der Waals surface area (Å²) in [6.07, 6.45) is 1.59. The van der Waals surface area contributed by atoms with Crippen LogP contribution in [-0.2, 0) is 4.79 Å². The first-order chi connectivity index (χ1) is 22.6. The Morgan fingerprint density at radius 2 is 1.77 bits per heavy atom. The monoisotopic (exact) mass is 744 g/mol. The quantitative estimate of drug-likeness (QED) is 0.110. The van der Waals surface area contributed by atoms with Crippen LogP contribution in [0, 0.1) is 17.4 Å². The van der Waals surface area contributed by atoms with Crippen molar-refractivity contribution >= 4 is 51.3 Å². The van der Waals surface area contributed by atoms with Gasteiger partial charge in [0.05, 0.1) is 34.4 Å². The van der Waals surface area contributed by atoms with E-state index in [1.807, 2.05) is 81.4 Å². The lowest BCUT2D eigenvalue weighted by Crippen LogP contribution is -2.21. The molecule has 1 aromatic heterocycles. The van der Waals surface area contributed by atoms with E-state index in [1.165, 1.54) is 11.8 Å². The Morgan fingerprint density at radius 3 is 2.47 bits per heavy atom. The molecule has 1 N–H and O–H groups in total. The third kappa shape index (κ3) is 7.65. The normalized spacial score (nSPS) is 11.3. The summed E-state index contributed by atoms with van der Waals surface area (Å²) in [6.45, 7) is 10.5. The molecule has 0 saturated carbocycles. The van der Waals surface area contributed by atoms with Gasteiger partial charge in [-0.1, -0.05) is 43.7 Å². The Balaban J connectivity index is 1.50. The van der Waals surface area contributed by atoms with Crippen LogP contribution in [-0.4, -0.2) is 42.1 Å². The van der Waals surface area contributed by atoms with E-state index >= 15 is 0 Å². The van der Waals surface area contributed by atoms with Crippen molar-refractivity contribution in [3.05, 3.63) is 109 Å². The highest BCUT2D eigenvalue weighted by molar-refractivity contribution is 14.1. The Labute approximate surface area is 287 Å². The van der Waals surface area contributed by atoms with E-state index in [4.69, 9.17) is 19.2 Å². The molecule has 0 aliphatic carbocycles. The molecular weight excluding hydrogens is 707 g/mol. The molecule has 0 spiro atoms. The summed E-state index contributed by atoms with van der Waals surface area (Å²) in [6, 6.07) is 22.4. The predicted molar refractivity (Wildman–Crippen MR) is 195 cm³/mol. The Kier molecular flexibility index (Phi) is 10.6. The highest BCUT2D eigenvalue weighted by atomic mass is 127. The molecule has 0 radical (unpaired) electrons. The van der Waals surface area contributed by atoms with Gasteiger partial charge in [0.2, 0.25) is 0 Å². The molecule has 5 aromatic rings. The standard InChI is InChI=1S/C37H37IN4O5/c1-7-46-32-16-24(5)29(19-28(32)22(2)3)36-41-31-11-9-8-10-27(31)37(44)42(36)39-20-25-17-30(38)35(33(18-25)45-6)47-21-34(43)40-26-14-12-23(4)13-15-26/h8-20,22H,7,21H2,1-6H3,(H,40,43). The van der Waals surface area contributed by atoms with Gasteiger partial charge in [0.15, 0.2) is 23.9 Å². The first-order valence-corrected chi connectivity index (χ1v) is 16.4. The van der Waals surface area contributed by atoms with Crippen LogP contribution in [0.5, 0.6) is 17.2 Å². The van der Waals surface area contributed by atoms with Gasteiger partial charge in [-0.2, -0.15) is 9.78 Å². The van der Waals surface area contributed by atoms with Crippen LogP contribution in [0.1, 0.15) is 48.9 Å². The minimum atomic E-state index is -0.293. The largest absolute Gasteiger partial charge is 0.494 e. The van der Waals surface area contributed by atoms with Gasteiger partial charge in [-0.15, -0.1) is 0 Å². The number of nitrogens with one attached hydrogen (secondary N) is 1. The minimum Gasteiger partial charge on any atom is -0.494 e. The Morgan fingerprint density at radius 1 is 1.02 bits per heavy atom. The number of aromatic nitrogens is 2. The SMILES string of the molecule is CCOc1cc(C)c(-c2nc3ccccc3c(=O)n2N=Cc2cc(I)c(OCC(=O)Nc3ccc(C)cc3)c(OC)c2)cc1C(C)C. The fourth-order valence-corrected chi connectivity index (χ4v) is 5.91. The molecule has 0 aliphatic rings. The van der Waals surface area contributed by atoms with Crippen molar-refractivity contribution in [3.63, 3.8) is 0 Å². The number of benzene rings is 4. The van der Waals surface area contributed by atoms with Gasteiger partial charge in [0.25, 0.3) is 11.5 Å². The summed E-state index contributed by atoms with van der Waals surface area (Å²) >= 11 is 2.13. The van der Waals surface area contributed by atoms with E-state index in [1.54, 1.807) is 18.3 Å². The molecule has 0 bridgehead atoms. The molecule has 242 valence electrons. The third-order valence-electron chi connectivity index (χ3n) is 7.53. The smallest absolute Gasteiger partial charge is 0.282 e. The maximum absolute atomic E-state index is 13.9. The topological polar surface area (TPSA) is 104 Å². The molecule has 9 nitrogen and oxygen atoms in total. The van der Waals surface area contributed by atoms with E-state index in [9.17, 15) is 9.59 Å². The predicted octanol–water partition coefficient (Wildman–Crippen LogP) is 7.72. The molecule has 4 aromatic carbocycles. The van der Waals surface area contributed by atoms with Crippen LogP contribution >= 0.6 is 22.6 Å². The van der Waals surface area contributed by atoms with Crippen LogP contribution in [0.3, 0.4) is 0 Å². The maximum Gasteiger partial charge on any atom is 0.282 e. The number of para-hydroxylation sites is 1. The Bertz CT molecular complexity index is 2020. The number of ether oxygens (including phenoxy) is 3. The number of amides is 1. The van der Waals surface area contributed by atoms with Crippen molar-refractivity contribution in [3.8, 4) is 28.6 Å². The summed E-state index contributed by atoms with van der Waals surface area (Å²) in [5.41, 5.74) is 5.48. The highest BCUT2D eigenvalue weighted by Crippen LogP contribution is 2.35. The van der Waals surface area contributed by atoms with E-state index < -0.39 is 0 Å². The summed E-state index contributed by atoms with van der Waals surface area (Å²) < 4.78 is 19.5. The van der Waals surface area contributed by atoms with Gasteiger partial charge in [0, 0.05) is 11.3 Å². The number of halogens is 1. The summed E-state index contributed by atoms with van der Waals surface area (Å²) in [5.74, 6) is 1.99. The van der Waals surface area contributed by atoms with Gasteiger partial charge in [-0.25, -0.2) is 4.98 Å². The van der Waals surface area contributed by atoms with Gasteiger partial charge in [0.1, 0.15) is 5.75 Å². The fourth-order valence-electron chi connectivity index (χ4n) is 5.13. The summed E-state index contributed by atoms with van der Waals surface area (Å²) in [5, 5.41) is 7.96. The van der Waals surface area contributed by atoms with Crippen molar-refractivity contribution in [2.24, 2.45) is 5.10 Å². The van der Waals surface area contributed by atoms with Crippen molar-refractivity contribution < 1.29 is 19.0 Å². The molecule has 5 rings (SSSR count). The van der Waals surface area contributed by atoms with Crippen LogP contribution in [0.25, 0.3) is 22.3 Å². The number of anilines is 1. The molecule has 10 heteroatoms. The number of carbonyl (C=O) groups is 1.